The third kappa shape index (κ3) is 4.32. The summed E-state index contributed by atoms with van der Waals surface area (Å²) in [7, 11) is -0.475. The van der Waals surface area contributed by atoms with Crippen LogP contribution in [0, 0.1) is 0 Å². The van der Waals surface area contributed by atoms with Crippen molar-refractivity contribution in [3.8, 4) is 0 Å². The first-order valence-electron chi connectivity index (χ1n) is 10.1. The number of nitrogens with zero attached hydrogens (tertiary/aromatic N) is 1. The van der Waals surface area contributed by atoms with Gasteiger partial charge < -0.3 is 18.9 Å². The van der Waals surface area contributed by atoms with Crippen molar-refractivity contribution >= 4 is 18.8 Å². The highest BCUT2D eigenvalue weighted by atomic mass is 16.7. The number of carbonyl (C=O) groups excluding carboxylic acids is 1. The van der Waals surface area contributed by atoms with Crippen molar-refractivity contribution in [1.82, 2.24) is 0 Å². The molecule has 0 aromatic heterocycles. The lowest BCUT2D eigenvalue weighted by atomic mass is 9.66. The van der Waals surface area contributed by atoms with Crippen molar-refractivity contribution in [2.45, 2.75) is 70.9 Å². The van der Waals surface area contributed by atoms with Gasteiger partial charge in [-0.2, -0.15) is 0 Å². The van der Waals surface area contributed by atoms with Crippen LogP contribution >= 0.6 is 0 Å². The van der Waals surface area contributed by atoms with Gasteiger partial charge in [0, 0.05) is 24.6 Å². The smallest absolute Gasteiger partial charge is 0.466 e. The molecular weight excluding hydrogens is 341 g/mol. The fraction of sp³-hybridized carbons (Fsp3) is 0.667. The minimum absolute atomic E-state index is 0.197. The molecule has 2 aliphatic heterocycles. The monoisotopic (exact) mass is 373 g/mol. The van der Waals surface area contributed by atoms with E-state index < -0.39 is 18.3 Å². The summed E-state index contributed by atoms with van der Waals surface area (Å²) in [5.74, 6) is -0.418. The Morgan fingerprint density at radius 1 is 1.11 bits per heavy atom. The van der Waals surface area contributed by atoms with Crippen molar-refractivity contribution in [1.29, 1.82) is 0 Å². The lowest BCUT2D eigenvalue weighted by Gasteiger charge is -2.32. The van der Waals surface area contributed by atoms with Crippen molar-refractivity contribution in [3.63, 3.8) is 0 Å². The van der Waals surface area contributed by atoms with E-state index in [9.17, 15) is 4.79 Å². The summed E-state index contributed by atoms with van der Waals surface area (Å²) in [6, 6.07) is 8.49. The van der Waals surface area contributed by atoms with Gasteiger partial charge in [0.2, 0.25) is 0 Å². The van der Waals surface area contributed by atoms with Crippen LogP contribution in [-0.2, 0) is 18.8 Å². The Labute approximate surface area is 163 Å². The van der Waals surface area contributed by atoms with E-state index in [-0.39, 0.29) is 18.2 Å². The van der Waals surface area contributed by atoms with E-state index in [2.05, 4.69) is 29.2 Å². The van der Waals surface area contributed by atoms with E-state index in [0.717, 1.165) is 18.7 Å². The summed E-state index contributed by atoms with van der Waals surface area (Å²) >= 11 is 0. The maximum Gasteiger partial charge on any atom is 0.466 e. The first-order valence-corrected chi connectivity index (χ1v) is 10.1. The van der Waals surface area contributed by atoms with Crippen LogP contribution in [0.25, 0.3) is 0 Å². The maximum atomic E-state index is 12.2. The third-order valence-electron chi connectivity index (χ3n) is 6.08. The molecule has 5 nitrogen and oxygen atoms in total. The largest absolute Gasteiger partial charge is 0.466 e. The molecule has 2 saturated heterocycles. The number of rotatable bonds is 6. The lowest BCUT2D eigenvalue weighted by Crippen LogP contribution is -2.41. The quantitative estimate of drug-likeness (QED) is 0.558. The first kappa shape index (κ1) is 20.2. The summed E-state index contributed by atoms with van der Waals surface area (Å²) in [5.41, 5.74) is 1.42. The van der Waals surface area contributed by atoms with Crippen LogP contribution in [0.2, 0.25) is 0 Å². The van der Waals surface area contributed by atoms with Gasteiger partial charge >= 0.3 is 13.1 Å². The number of hydrogen-bond acceptors (Lipinski definition) is 5. The molecule has 0 amide bonds. The summed E-state index contributed by atoms with van der Waals surface area (Å²) in [6.45, 7) is 12.6. The van der Waals surface area contributed by atoms with E-state index in [0.29, 0.717) is 6.61 Å². The number of ether oxygens (including phenoxy) is 1. The highest BCUT2D eigenvalue weighted by Gasteiger charge is 2.54. The predicted molar refractivity (Wildman–Crippen MR) is 108 cm³/mol. The second-order valence-corrected chi connectivity index (χ2v) is 8.53. The van der Waals surface area contributed by atoms with E-state index in [1.54, 1.807) is 0 Å². The zero-order valence-electron chi connectivity index (χ0n) is 17.3. The normalized spacial score (nSPS) is 22.1. The third-order valence-corrected chi connectivity index (χ3v) is 6.08. The molecule has 3 rings (SSSR count). The minimum atomic E-state index is -0.475. The summed E-state index contributed by atoms with van der Waals surface area (Å²) in [5, 5.41) is 0. The molecule has 0 aliphatic carbocycles. The lowest BCUT2D eigenvalue weighted by molar-refractivity contribution is -0.143. The van der Waals surface area contributed by atoms with E-state index in [4.69, 9.17) is 14.0 Å². The van der Waals surface area contributed by atoms with Crippen molar-refractivity contribution < 1.29 is 18.8 Å². The van der Waals surface area contributed by atoms with E-state index >= 15 is 0 Å². The molecule has 0 radical (unpaired) electrons. The highest BCUT2D eigenvalue weighted by Crippen LogP contribution is 2.42. The zero-order chi connectivity index (χ0) is 19.7. The first-order chi connectivity index (χ1) is 12.7. The molecule has 0 N–H and O–H groups in total. The predicted octanol–water partition coefficient (Wildman–Crippen LogP) is 3.96. The molecule has 2 heterocycles. The van der Waals surface area contributed by atoms with E-state index in [1.165, 1.54) is 18.5 Å². The Hall–Kier alpha value is -1.53. The van der Waals surface area contributed by atoms with Gasteiger partial charge in [0.25, 0.3) is 0 Å². The Balaban J connectivity index is 1.82. The molecule has 27 heavy (non-hydrogen) atoms. The zero-order valence-corrected chi connectivity index (χ0v) is 17.3. The summed E-state index contributed by atoms with van der Waals surface area (Å²) in [6.07, 6.45) is 2.75. The number of benzene rings is 1. The molecule has 2 fully saturated rings. The minimum Gasteiger partial charge on any atom is -0.466 e. The molecule has 148 valence electrons. The Morgan fingerprint density at radius 2 is 1.67 bits per heavy atom. The van der Waals surface area contributed by atoms with Crippen LogP contribution in [-0.4, -0.2) is 44.0 Å². The fourth-order valence-corrected chi connectivity index (χ4v) is 3.73. The van der Waals surface area contributed by atoms with Crippen LogP contribution in [0.15, 0.2) is 24.3 Å². The van der Waals surface area contributed by atoms with Gasteiger partial charge in [0.05, 0.1) is 24.2 Å². The fourth-order valence-electron chi connectivity index (χ4n) is 3.73. The number of carbonyl (C=O) groups is 1. The number of esters is 1. The van der Waals surface area contributed by atoms with Gasteiger partial charge in [-0.25, -0.2) is 0 Å². The number of anilines is 1. The second kappa shape index (κ2) is 7.84. The van der Waals surface area contributed by atoms with Crippen LogP contribution < -0.4 is 4.90 Å². The van der Waals surface area contributed by atoms with Gasteiger partial charge in [-0.1, -0.05) is 12.1 Å². The van der Waals surface area contributed by atoms with E-state index in [1.807, 2.05) is 34.6 Å². The van der Waals surface area contributed by atoms with Gasteiger partial charge in [0.1, 0.15) is 0 Å². The SMILES string of the molecule is CCOC(=O)CC(B1OC(C)(C)C(C)(C)O1)c1ccc(N2CCCC2)cc1. The van der Waals surface area contributed by atoms with Gasteiger partial charge in [0.15, 0.2) is 0 Å². The van der Waals surface area contributed by atoms with Crippen molar-refractivity contribution in [2.75, 3.05) is 24.6 Å². The standard InChI is InChI=1S/C21H32BNO4/c1-6-25-19(24)15-18(22-26-20(2,3)21(4,5)27-22)16-9-11-17(12-10-16)23-13-7-8-14-23/h9-12,18H,6-8,13-15H2,1-5H3. The maximum absolute atomic E-state index is 12.2. The molecule has 1 atom stereocenters. The van der Waals surface area contributed by atoms with Crippen LogP contribution in [0.3, 0.4) is 0 Å². The molecular formula is C21H32BNO4. The van der Waals surface area contributed by atoms with Crippen molar-refractivity contribution in [2.24, 2.45) is 0 Å². The van der Waals surface area contributed by atoms with Crippen LogP contribution in [0.1, 0.15) is 65.3 Å². The molecule has 0 saturated carbocycles. The highest BCUT2D eigenvalue weighted by molar-refractivity contribution is 6.48. The Morgan fingerprint density at radius 3 is 2.19 bits per heavy atom. The second-order valence-electron chi connectivity index (χ2n) is 8.53. The van der Waals surface area contributed by atoms with Crippen LogP contribution in [0.5, 0.6) is 0 Å². The van der Waals surface area contributed by atoms with Gasteiger partial charge in [-0.15, -0.1) is 0 Å². The molecule has 0 bridgehead atoms. The van der Waals surface area contributed by atoms with Gasteiger partial charge in [-0.05, 0) is 65.2 Å². The summed E-state index contributed by atoms with van der Waals surface area (Å²) in [4.78, 5) is 14.6. The van der Waals surface area contributed by atoms with Gasteiger partial charge in [-0.3, -0.25) is 4.79 Å². The Kier molecular flexibility index (Phi) is 5.87. The number of hydrogen-bond donors (Lipinski definition) is 0. The topological polar surface area (TPSA) is 48.0 Å². The molecule has 1 aromatic rings. The molecule has 1 aromatic carbocycles. The van der Waals surface area contributed by atoms with Crippen molar-refractivity contribution in [3.05, 3.63) is 29.8 Å². The summed E-state index contributed by atoms with van der Waals surface area (Å²) < 4.78 is 17.7. The molecule has 1 unspecified atom stereocenters. The average molecular weight is 373 g/mol. The average Bonchev–Trinajstić information content (AvgIpc) is 3.20. The molecule has 0 spiro atoms. The Bertz CT molecular complexity index is 637. The molecule has 2 aliphatic rings. The van der Waals surface area contributed by atoms with Crippen LogP contribution in [0.4, 0.5) is 5.69 Å². The molecule has 6 heteroatoms.